The molecular formula is C112H147F5N6O9S. The molecule has 0 atom stereocenters. The maximum Gasteiger partial charge on any atom is 0.373 e. The van der Waals surface area contributed by atoms with E-state index in [1.165, 1.54) is 109 Å². The molecule has 0 radical (unpaired) electrons. The summed E-state index contributed by atoms with van der Waals surface area (Å²) >= 11 is 0. The normalized spacial score (nSPS) is 10.2. The lowest BCUT2D eigenvalue weighted by Crippen LogP contribution is -2.23. The first-order chi connectivity index (χ1) is 62.3. The number of aromatic nitrogens is 3. The minimum atomic E-state index is -2.92. The summed E-state index contributed by atoms with van der Waals surface area (Å²) in [5, 5.41) is 8.75. The van der Waals surface area contributed by atoms with Crippen molar-refractivity contribution in [3.05, 3.63) is 378 Å². The maximum atomic E-state index is 13.4. The lowest BCUT2D eigenvalue weighted by molar-refractivity contribution is -0.193. The van der Waals surface area contributed by atoms with Gasteiger partial charge in [-0.25, -0.2) is 27.0 Å². The van der Waals surface area contributed by atoms with Gasteiger partial charge >= 0.3 is 12.3 Å². The van der Waals surface area contributed by atoms with Crippen LogP contribution in [-0.2, 0) is 41.2 Å². The van der Waals surface area contributed by atoms with Crippen molar-refractivity contribution in [3.8, 4) is 0 Å². The Hall–Kier alpha value is -12.0. The molecule has 8 aromatic carbocycles. The maximum absolute atomic E-state index is 13.4. The number of benzene rings is 8. The van der Waals surface area contributed by atoms with Crippen LogP contribution in [0.4, 0.5) is 27.6 Å². The Morgan fingerprint density at radius 3 is 1.19 bits per heavy atom. The van der Waals surface area contributed by atoms with E-state index in [0.29, 0.717) is 64.4 Å². The minimum absolute atomic E-state index is 0.0445. The number of nitrogens with zero attached hydrogens (tertiary/aromatic N) is 6. The fourth-order valence-corrected chi connectivity index (χ4v) is 12.2. The van der Waals surface area contributed by atoms with E-state index in [0.717, 1.165) is 28.8 Å². The predicted molar refractivity (Wildman–Crippen MR) is 535 cm³/mol. The van der Waals surface area contributed by atoms with Crippen molar-refractivity contribution in [3.63, 3.8) is 0 Å². The Labute approximate surface area is 793 Å². The zero-order chi connectivity index (χ0) is 102. The molecule has 133 heavy (non-hydrogen) atoms. The number of aryl methyl sites for hydroxylation is 3. The van der Waals surface area contributed by atoms with Crippen molar-refractivity contribution < 1.29 is 64.2 Å². The number of hydrogen-bond acceptors (Lipinski definition) is 12. The van der Waals surface area contributed by atoms with Crippen LogP contribution < -0.4 is 0 Å². The first-order valence-electron chi connectivity index (χ1n) is 44.7. The van der Waals surface area contributed by atoms with Gasteiger partial charge in [-0.3, -0.25) is 14.6 Å². The molecule has 3 aromatic heterocycles. The molecule has 0 aliphatic rings. The van der Waals surface area contributed by atoms with Crippen molar-refractivity contribution in [2.45, 2.75) is 250 Å². The van der Waals surface area contributed by atoms with E-state index >= 15 is 0 Å². The average Bonchev–Trinajstić information content (AvgIpc) is 0.836. The van der Waals surface area contributed by atoms with E-state index in [4.69, 9.17) is 30.9 Å². The van der Waals surface area contributed by atoms with Crippen LogP contribution in [0, 0.1) is 56.8 Å². The van der Waals surface area contributed by atoms with Crippen LogP contribution in [-0.4, -0.2) is 103 Å². The number of carbonyl (C=O) groups excluding carboxylic acids is 6. The van der Waals surface area contributed by atoms with E-state index in [-0.39, 0.29) is 53.9 Å². The van der Waals surface area contributed by atoms with Gasteiger partial charge in [-0.1, -0.05) is 345 Å². The molecule has 11 rings (SSSR count). The molecule has 0 fully saturated rings. The smallest absolute Gasteiger partial charge is 0.373 e. The van der Waals surface area contributed by atoms with Gasteiger partial charge in [-0.2, -0.15) is 37.3 Å². The number of pyridine rings is 3. The van der Waals surface area contributed by atoms with E-state index in [1.54, 1.807) is 45.2 Å². The molecular weight excluding hydrogens is 1700 g/mol. The molecule has 0 spiro atoms. The Balaban J connectivity index is 0. The highest BCUT2D eigenvalue weighted by Gasteiger charge is 2.17. The van der Waals surface area contributed by atoms with Crippen molar-refractivity contribution in [1.29, 1.82) is 0 Å². The summed E-state index contributed by atoms with van der Waals surface area (Å²) in [6, 6.07) is 72.3. The summed E-state index contributed by atoms with van der Waals surface area (Å²) in [5.41, 5.74) is 20.2. The van der Waals surface area contributed by atoms with Crippen molar-refractivity contribution in [2.24, 2.45) is 0 Å². The molecule has 21 heteroatoms. The first kappa shape index (κ1) is 123. The summed E-state index contributed by atoms with van der Waals surface area (Å²) in [4.78, 5) is 72.7. The van der Waals surface area contributed by atoms with Gasteiger partial charge in [0.25, 0.3) is 11.8 Å². The highest BCUT2D eigenvalue weighted by Crippen LogP contribution is 2.25. The molecule has 0 aliphatic carbocycles. The molecule has 1 N–H and O–H groups in total. The standard InChI is InChI=1S/C12H16FNO.C12H17NO.C11H16O2S.C11H16O.C10H11N.2C10H14.C9H13N.C9H12.2C8H9F2N.2CO2/c1-8(2)9-5-6-11(13)10(7-9)12(15)14(3)4;1-9(2)10-6-5-7-11(8-10)12(14)13(3)4;1-9(2)11-6-4-5-10(7-11)8-14(3,12)13;1-9(2)11-5-3-4-10(8-11)6-7-12;1-8(2)9-5-4-6-10(7-9)11-3;1-8(2)10-6-4-9(3)5-7-10;1-8(2)10-6-4-5-9(3)7-10;1-7(2)9-5-4-8(3)6-10-9;1-8(2)9-6-4-3-5-7-9;1-5(2)6-3-7(9)8(10)11-4-6;1-5(2)6-3-4-7(9)11-8(6)10;2*2-1-3/h5-8H,1-4H3;5-9H,1-4H3;4-7,9H,8H2,1-3H3;3-5,8-9,12H,6-7H2,1-2H3;4-8H,1-2H3;2*4-8H,1-3H3;4-7H,1-3H3;3-8H,1-2H3;2*3-5H,1-2H3;;. The van der Waals surface area contributed by atoms with E-state index in [2.05, 4.69) is 273 Å². The molecule has 0 bridgehead atoms. The first-order valence-corrected chi connectivity index (χ1v) is 46.8. The highest BCUT2D eigenvalue weighted by molar-refractivity contribution is 7.89. The van der Waals surface area contributed by atoms with Crippen LogP contribution >= 0.6 is 0 Å². The Kier molecular flexibility index (Phi) is 62.1. The van der Waals surface area contributed by atoms with Crippen LogP contribution in [0.15, 0.2) is 237 Å². The van der Waals surface area contributed by atoms with Crippen LogP contribution in [0.1, 0.15) is 327 Å². The molecule has 11 aromatic rings. The van der Waals surface area contributed by atoms with Crippen molar-refractivity contribution in [2.75, 3.05) is 41.1 Å². The zero-order valence-corrected chi connectivity index (χ0v) is 85.0. The van der Waals surface area contributed by atoms with Gasteiger partial charge in [0.1, 0.15) is 5.82 Å². The van der Waals surface area contributed by atoms with Crippen LogP contribution in [0.3, 0.4) is 0 Å². The highest BCUT2D eigenvalue weighted by atomic mass is 32.2. The molecule has 0 saturated carbocycles. The third kappa shape index (κ3) is 54.5. The third-order valence-corrected chi connectivity index (χ3v) is 20.5. The second-order valence-corrected chi connectivity index (χ2v) is 37.6. The number of amides is 2. The molecule has 0 unspecified atom stereocenters. The van der Waals surface area contributed by atoms with Gasteiger partial charge in [0.2, 0.25) is 17.8 Å². The number of hydrogen-bond donors (Lipinski definition) is 1. The van der Waals surface area contributed by atoms with E-state index < -0.39 is 39.3 Å². The van der Waals surface area contributed by atoms with E-state index in [9.17, 15) is 40.0 Å². The van der Waals surface area contributed by atoms with Crippen LogP contribution in [0.25, 0.3) is 4.85 Å². The van der Waals surface area contributed by atoms with Crippen LogP contribution in [0.5, 0.6) is 0 Å². The molecule has 720 valence electrons. The number of carbonyl (C=O) groups is 2. The molecule has 2 amide bonds. The Morgan fingerprint density at radius 2 is 0.789 bits per heavy atom. The summed E-state index contributed by atoms with van der Waals surface area (Å²) in [6.45, 7) is 59.4. The van der Waals surface area contributed by atoms with Gasteiger partial charge in [0.05, 0.1) is 17.9 Å². The minimum Gasteiger partial charge on any atom is -0.396 e. The number of aliphatic hydroxyl groups is 1. The van der Waals surface area contributed by atoms with Gasteiger partial charge in [0, 0.05) is 70.3 Å². The monoisotopic (exact) mass is 1850 g/mol. The summed E-state index contributed by atoms with van der Waals surface area (Å²) in [7, 11) is 3.85. The van der Waals surface area contributed by atoms with Gasteiger partial charge in [-0.15, -0.1) is 0 Å². The number of aliphatic hydroxyl groups excluding tert-OH is 1. The quantitative estimate of drug-likeness (QED) is 0.0513. The lowest BCUT2D eigenvalue weighted by Gasteiger charge is -2.13. The van der Waals surface area contributed by atoms with Crippen LogP contribution in [0.2, 0.25) is 0 Å². The van der Waals surface area contributed by atoms with Crippen molar-refractivity contribution in [1.82, 2.24) is 24.8 Å². The molecule has 0 aliphatic heterocycles. The summed E-state index contributed by atoms with van der Waals surface area (Å²) in [6.07, 6.45) is 5.79. The topological polar surface area (TPSA) is 206 Å². The van der Waals surface area contributed by atoms with Crippen molar-refractivity contribution >= 4 is 39.6 Å². The van der Waals surface area contributed by atoms with E-state index in [1.807, 2.05) is 114 Å². The number of sulfone groups is 1. The zero-order valence-electron chi connectivity index (χ0n) is 84.2. The second kappa shape index (κ2) is 67.2. The largest absolute Gasteiger partial charge is 0.396 e. The second-order valence-electron chi connectivity index (χ2n) is 35.4. The Morgan fingerprint density at radius 1 is 0.383 bits per heavy atom. The molecule has 0 saturated heterocycles. The Bertz CT molecular complexity index is 5310. The summed E-state index contributed by atoms with van der Waals surface area (Å²) in [5.74, 6) is 1.05. The number of rotatable bonds is 17. The van der Waals surface area contributed by atoms with Gasteiger partial charge in [-0.05, 0) is 202 Å². The van der Waals surface area contributed by atoms with Gasteiger partial charge in [0.15, 0.2) is 21.3 Å². The predicted octanol–water partition coefficient (Wildman–Crippen LogP) is 28.6. The third-order valence-electron chi connectivity index (χ3n) is 19.6. The lowest BCUT2D eigenvalue weighted by atomic mass is 10.00. The number of halogens is 5. The fraction of sp³-hybridized carbons (Fsp3) is 0.393. The summed E-state index contributed by atoms with van der Waals surface area (Å²) < 4.78 is 85.3. The average molecular weight is 1850 g/mol. The SMILES string of the molecule is CC(C)c1ccc(F)c(C(=O)N(C)C)c1.CC(C)c1ccc(F)nc1F.CC(C)c1cccc(C(=O)N(C)C)c1.CC(C)c1cccc(CCO)c1.CC(C)c1cccc(CS(C)(=O)=O)c1.CC(C)c1ccccc1.CC(C)c1cnc(F)c(F)c1.Cc1ccc(C(C)C)cc1.Cc1ccc(C(C)C)nc1.Cc1cccc(C(C)C)c1.O=C=O.O=C=O.[C-]#[N+]c1cccc(C(C)C)c1. The fourth-order valence-electron chi connectivity index (χ4n) is 11.4. The molecule has 3 heterocycles. The molecule has 15 nitrogen and oxygen atoms in total. The van der Waals surface area contributed by atoms with Gasteiger partial charge < -0.3 is 14.9 Å².